The minimum absolute atomic E-state index is 0.0432. The van der Waals surface area contributed by atoms with Crippen LogP contribution in [0.25, 0.3) is 0 Å². The fraction of sp³-hybridized carbons (Fsp3) is 0.440. The average molecular weight is 405 g/mol. The molecule has 0 bridgehead atoms. The normalized spacial score (nSPS) is 18.5. The van der Waals surface area contributed by atoms with Crippen molar-refractivity contribution in [3.8, 4) is 11.8 Å². The van der Waals surface area contributed by atoms with E-state index >= 15 is 0 Å². The van der Waals surface area contributed by atoms with Crippen LogP contribution in [0.1, 0.15) is 45.6 Å². The summed E-state index contributed by atoms with van der Waals surface area (Å²) in [5, 5.41) is 9.48. The zero-order valence-electron chi connectivity index (χ0n) is 18.0. The summed E-state index contributed by atoms with van der Waals surface area (Å²) in [6, 6.07) is 12.1. The highest BCUT2D eigenvalue weighted by atomic mass is 16.5. The molecule has 0 aromatic heterocycles. The number of nitrogens with zero attached hydrogens (tertiary/aromatic N) is 2. The van der Waals surface area contributed by atoms with Gasteiger partial charge >= 0.3 is 0 Å². The maximum atomic E-state index is 13.1. The van der Waals surface area contributed by atoms with Gasteiger partial charge in [-0.05, 0) is 57.9 Å². The van der Waals surface area contributed by atoms with Crippen LogP contribution >= 0.6 is 0 Å². The number of carbonyl (C=O) groups excluding carboxylic acids is 1. The third-order valence-electron chi connectivity index (χ3n) is 5.65. The number of piperidine rings is 1. The smallest absolute Gasteiger partial charge is 0.253 e. The van der Waals surface area contributed by atoms with Crippen molar-refractivity contribution in [2.24, 2.45) is 0 Å². The van der Waals surface area contributed by atoms with E-state index in [1.165, 1.54) is 11.6 Å². The van der Waals surface area contributed by atoms with Crippen LogP contribution in [0, 0.1) is 23.5 Å². The first-order valence-electron chi connectivity index (χ1n) is 10.4. The maximum Gasteiger partial charge on any atom is 0.253 e. The van der Waals surface area contributed by atoms with E-state index < -0.39 is 0 Å². The van der Waals surface area contributed by atoms with Gasteiger partial charge in [0.2, 0.25) is 0 Å². The van der Waals surface area contributed by atoms with Crippen LogP contribution in [0.2, 0.25) is 0 Å². The van der Waals surface area contributed by atoms with Gasteiger partial charge < -0.3 is 14.4 Å². The molecule has 3 rings (SSSR count). The molecule has 1 saturated heterocycles. The number of carbonyl (C=O) groups is 1. The van der Waals surface area contributed by atoms with Gasteiger partial charge in [-0.25, -0.2) is 0 Å². The third kappa shape index (κ3) is 4.69. The van der Waals surface area contributed by atoms with Gasteiger partial charge in [-0.3, -0.25) is 4.79 Å². The summed E-state index contributed by atoms with van der Waals surface area (Å²) in [5.41, 5.74) is 1.66. The van der Waals surface area contributed by atoms with Crippen LogP contribution < -0.4 is 4.74 Å². The van der Waals surface area contributed by atoms with Crippen LogP contribution in [-0.4, -0.2) is 35.6 Å². The second kappa shape index (κ2) is 9.09. The molecular formula is C25H28N2O3. The molecule has 0 radical (unpaired) electrons. The van der Waals surface area contributed by atoms with Crippen LogP contribution in [-0.2, 0) is 16.0 Å². The molecule has 5 heteroatoms. The zero-order valence-corrected chi connectivity index (χ0v) is 18.0. The molecule has 156 valence electrons. The molecule has 0 saturated carbocycles. The van der Waals surface area contributed by atoms with E-state index in [2.05, 4.69) is 24.8 Å². The van der Waals surface area contributed by atoms with E-state index in [1.807, 2.05) is 30.9 Å². The molecule has 1 aromatic rings. The first-order valence-corrected chi connectivity index (χ1v) is 10.4. The largest absolute Gasteiger partial charge is 0.494 e. The molecule has 5 nitrogen and oxygen atoms in total. The summed E-state index contributed by atoms with van der Waals surface area (Å²) in [6.45, 7) is 10.5. The van der Waals surface area contributed by atoms with Gasteiger partial charge in [-0.1, -0.05) is 18.7 Å². The predicted octanol–water partition coefficient (Wildman–Crippen LogP) is 4.31. The second-order valence-electron chi connectivity index (χ2n) is 8.09. The number of hydrogen-bond acceptors (Lipinski definition) is 4. The van der Waals surface area contributed by atoms with Gasteiger partial charge in [0.15, 0.2) is 5.75 Å². The summed E-state index contributed by atoms with van der Waals surface area (Å²) in [7, 11) is 0. The van der Waals surface area contributed by atoms with E-state index in [1.54, 1.807) is 13.0 Å². The molecule has 1 aromatic carbocycles. The molecule has 1 spiro atoms. The predicted molar refractivity (Wildman–Crippen MR) is 114 cm³/mol. The summed E-state index contributed by atoms with van der Waals surface area (Å²) >= 11 is 0. The summed E-state index contributed by atoms with van der Waals surface area (Å²) < 4.78 is 11.9. The minimum atomic E-state index is -0.243. The summed E-state index contributed by atoms with van der Waals surface area (Å²) in [4.78, 5) is 14.9. The van der Waals surface area contributed by atoms with Crippen molar-refractivity contribution >= 4 is 5.91 Å². The lowest BCUT2D eigenvalue weighted by atomic mass is 9.83. The first kappa shape index (κ1) is 21.5. The van der Waals surface area contributed by atoms with Crippen molar-refractivity contribution < 1.29 is 14.3 Å². The molecule has 2 aliphatic rings. The molecular weight excluding hydrogens is 376 g/mol. The number of nitriles is 1. The molecule has 0 N–H and O–H groups in total. The Labute approximate surface area is 179 Å². The highest BCUT2D eigenvalue weighted by Crippen LogP contribution is 2.38. The van der Waals surface area contributed by atoms with Crippen molar-refractivity contribution in [1.29, 1.82) is 5.26 Å². The van der Waals surface area contributed by atoms with Gasteiger partial charge in [0, 0.05) is 37.1 Å². The molecule has 0 atom stereocenters. The molecule has 0 aliphatic carbocycles. The Hall–Kier alpha value is -3.18. The van der Waals surface area contributed by atoms with E-state index in [9.17, 15) is 10.1 Å². The average Bonchev–Trinajstić information content (AvgIpc) is 2.74. The van der Waals surface area contributed by atoms with Gasteiger partial charge in [-0.2, -0.15) is 5.26 Å². The first-order chi connectivity index (χ1) is 14.4. The summed E-state index contributed by atoms with van der Waals surface area (Å²) in [6.07, 6.45) is 6.46. The highest BCUT2D eigenvalue weighted by Gasteiger charge is 2.40. The van der Waals surface area contributed by atoms with Crippen molar-refractivity contribution in [1.82, 2.24) is 4.90 Å². The quantitative estimate of drug-likeness (QED) is 0.318. The van der Waals surface area contributed by atoms with E-state index in [4.69, 9.17) is 9.47 Å². The fourth-order valence-electron chi connectivity index (χ4n) is 3.97. The SMILES string of the molecule is C=C/C(=C\C(C#N)=C(/C)OC(C)C)C(=O)N1CCC2(CCc3ccc#cc3O2)CC1. The third-order valence-corrected chi connectivity index (χ3v) is 5.65. The number of amides is 1. The number of aryl methyl sites for hydroxylation is 1. The minimum Gasteiger partial charge on any atom is -0.494 e. The monoisotopic (exact) mass is 404 g/mol. The Morgan fingerprint density at radius 3 is 2.77 bits per heavy atom. The van der Waals surface area contributed by atoms with Gasteiger partial charge in [0.25, 0.3) is 5.91 Å². The Kier molecular flexibility index (Phi) is 6.53. The Morgan fingerprint density at radius 2 is 2.13 bits per heavy atom. The van der Waals surface area contributed by atoms with Crippen LogP contribution in [0.15, 0.2) is 47.8 Å². The fourth-order valence-corrected chi connectivity index (χ4v) is 3.97. The number of allylic oxidation sites excluding steroid dienone is 3. The standard InChI is InChI=1S/C25H28N2O3/c1-5-20(16-22(17-26)19(4)29-18(2)3)24(28)27-14-12-25(13-15-27)11-10-21-8-6-7-9-23(21)30-25/h5-6,8,16,18H,1,10-15H2,2-4H3/b20-16+,22-19-. The van der Waals surface area contributed by atoms with E-state index in [0.29, 0.717) is 30.0 Å². The van der Waals surface area contributed by atoms with Crippen molar-refractivity contribution in [2.75, 3.05) is 13.1 Å². The number of likely N-dealkylation sites (tertiary alicyclic amines) is 1. The van der Waals surface area contributed by atoms with Gasteiger partial charge in [0.05, 0.1) is 11.7 Å². The van der Waals surface area contributed by atoms with Gasteiger partial charge in [0.1, 0.15) is 17.4 Å². The van der Waals surface area contributed by atoms with E-state index in [-0.39, 0.29) is 17.6 Å². The van der Waals surface area contributed by atoms with Crippen LogP contribution in [0.3, 0.4) is 0 Å². The number of fused-ring (bicyclic) bond motifs is 1. The molecule has 1 amide bonds. The summed E-state index contributed by atoms with van der Waals surface area (Å²) in [5.74, 6) is 1.17. The molecule has 30 heavy (non-hydrogen) atoms. The Morgan fingerprint density at radius 1 is 1.40 bits per heavy atom. The van der Waals surface area contributed by atoms with Crippen molar-refractivity contribution in [3.05, 3.63) is 65.5 Å². The highest BCUT2D eigenvalue weighted by molar-refractivity contribution is 5.96. The van der Waals surface area contributed by atoms with Gasteiger partial charge in [-0.15, -0.1) is 0 Å². The Bertz CT molecular complexity index is 913. The Balaban J connectivity index is 1.70. The molecule has 1 fully saturated rings. The lowest BCUT2D eigenvalue weighted by Crippen LogP contribution is -2.51. The lowest BCUT2D eigenvalue weighted by Gasteiger charge is -2.44. The van der Waals surface area contributed by atoms with Crippen LogP contribution in [0.5, 0.6) is 5.75 Å². The maximum absolute atomic E-state index is 13.1. The molecule has 0 unspecified atom stereocenters. The van der Waals surface area contributed by atoms with Crippen molar-refractivity contribution in [3.63, 3.8) is 0 Å². The van der Waals surface area contributed by atoms with E-state index in [0.717, 1.165) is 31.4 Å². The lowest BCUT2D eigenvalue weighted by molar-refractivity contribution is -0.130. The van der Waals surface area contributed by atoms with Crippen molar-refractivity contribution in [2.45, 2.75) is 58.2 Å². The van der Waals surface area contributed by atoms with Crippen LogP contribution in [0.4, 0.5) is 0 Å². The molecule has 2 aliphatic heterocycles. The number of rotatable bonds is 5. The second-order valence-corrected chi connectivity index (χ2v) is 8.09. The zero-order chi connectivity index (χ0) is 21.7. The topological polar surface area (TPSA) is 62.6 Å². The molecule has 2 heterocycles. The number of hydrogen-bond donors (Lipinski definition) is 0. The number of ether oxygens (including phenoxy) is 2.